The summed E-state index contributed by atoms with van der Waals surface area (Å²) in [4.78, 5) is 14.9. The first-order chi connectivity index (χ1) is 13.0. The highest BCUT2D eigenvalue weighted by Gasteiger charge is 2.34. The lowest BCUT2D eigenvalue weighted by Crippen LogP contribution is -2.59. The molecule has 1 aromatic carbocycles. The number of carbonyl (C=O) groups is 1. The van der Waals surface area contributed by atoms with E-state index in [1.54, 1.807) is 30.3 Å². The van der Waals surface area contributed by atoms with E-state index in [0.717, 1.165) is 19.6 Å². The predicted molar refractivity (Wildman–Crippen MR) is 110 cm³/mol. The third-order valence-corrected chi connectivity index (χ3v) is 6.01. The number of amides is 1. The molecule has 27 heavy (non-hydrogen) atoms. The Morgan fingerprint density at radius 3 is 2.67 bits per heavy atom. The molecule has 142 valence electrons. The van der Waals surface area contributed by atoms with Crippen molar-refractivity contribution in [3.63, 3.8) is 0 Å². The first-order valence-electron chi connectivity index (χ1n) is 8.89. The SMILES string of the molecule is O=C(NC(=S)NC1CN2CCC1CC2)c1ccc(-c2cc(Cl)ccc2Cl)o1. The number of nitrogens with one attached hydrogen (secondary N) is 2. The maximum atomic E-state index is 12.5. The lowest BCUT2D eigenvalue weighted by Gasteiger charge is -2.45. The number of nitrogens with zero attached hydrogens (tertiary/aromatic N) is 1. The van der Waals surface area contributed by atoms with Crippen LogP contribution in [0.1, 0.15) is 23.4 Å². The highest BCUT2D eigenvalue weighted by atomic mass is 35.5. The van der Waals surface area contributed by atoms with Gasteiger partial charge in [0.25, 0.3) is 5.91 Å². The van der Waals surface area contributed by atoms with Gasteiger partial charge in [0.05, 0.1) is 5.02 Å². The first-order valence-corrected chi connectivity index (χ1v) is 10.1. The number of rotatable bonds is 3. The second kappa shape index (κ2) is 7.80. The first kappa shape index (κ1) is 18.7. The molecule has 3 saturated heterocycles. The molecule has 5 rings (SSSR count). The van der Waals surface area contributed by atoms with E-state index >= 15 is 0 Å². The second-order valence-electron chi connectivity index (χ2n) is 6.96. The van der Waals surface area contributed by atoms with Gasteiger partial charge >= 0.3 is 0 Å². The van der Waals surface area contributed by atoms with Crippen LogP contribution in [-0.2, 0) is 0 Å². The smallest absolute Gasteiger partial charge is 0.293 e. The summed E-state index contributed by atoms with van der Waals surface area (Å²) in [5.41, 5.74) is 0.635. The number of piperidine rings is 3. The summed E-state index contributed by atoms with van der Waals surface area (Å²) in [6.07, 6.45) is 2.35. The molecule has 3 aliphatic rings. The molecule has 2 aromatic rings. The van der Waals surface area contributed by atoms with Gasteiger partial charge in [-0.2, -0.15) is 0 Å². The zero-order valence-electron chi connectivity index (χ0n) is 14.5. The fraction of sp³-hybridized carbons (Fsp3) is 0.368. The lowest BCUT2D eigenvalue weighted by atomic mass is 9.84. The normalized spacial score (nSPS) is 23.9. The summed E-state index contributed by atoms with van der Waals surface area (Å²) >= 11 is 17.5. The highest BCUT2D eigenvalue weighted by Crippen LogP contribution is 2.32. The van der Waals surface area contributed by atoms with E-state index in [2.05, 4.69) is 15.5 Å². The number of hydrogen-bond acceptors (Lipinski definition) is 4. The number of thiocarbonyl (C=S) groups is 1. The number of halogens is 2. The molecule has 2 bridgehead atoms. The molecule has 8 heteroatoms. The maximum Gasteiger partial charge on any atom is 0.293 e. The Kier molecular flexibility index (Phi) is 5.41. The minimum absolute atomic E-state index is 0.166. The molecule has 0 saturated carbocycles. The van der Waals surface area contributed by atoms with Crippen molar-refractivity contribution in [2.24, 2.45) is 5.92 Å². The third-order valence-electron chi connectivity index (χ3n) is 5.22. The zero-order chi connectivity index (χ0) is 19.0. The van der Waals surface area contributed by atoms with Crippen LogP contribution in [0.3, 0.4) is 0 Å². The minimum Gasteiger partial charge on any atom is -0.451 e. The van der Waals surface area contributed by atoms with Gasteiger partial charge in [0.2, 0.25) is 0 Å². The molecule has 1 amide bonds. The second-order valence-corrected chi connectivity index (χ2v) is 8.21. The molecule has 2 N–H and O–H groups in total. The predicted octanol–water partition coefficient (Wildman–Crippen LogP) is 3.95. The van der Waals surface area contributed by atoms with Crippen LogP contribution in [-0.4, -0.2) is 41.6 Å². The molecular weight excluding hydrogens is 405 g/mol. The van der Waals surface area contributed by atoms with Crippen molar-refractivity contribution >= 4 is 46.4 Å². The van der Waals surface area contributed by atoms with Gasteiger partial charge in [0.1, 0.15) is 5.76 Å². The molecule has 1 aromatic heterocycles. The van der Waals surface area contributed by atoms with Crippen LogP contribution in [0.5, 0.6) is 0 Å². The van der Waals surface area contributed by atoms with Crippen molar-refractivity contribution in [2.45, 2.75) is 18.9 Å². The molecule has 0 radical (unpaired) electrons. The van der Waals surface area contributed by atoms with E-state index < -0.39 is 5.91 Å². The van der Waals surface area contributed by atoms with E-state index in [4.69, 9.17) is 39.8 Å². The molecule has 3 fully saturated rings. The Bertz CT molecular complexity index is 878. The Balaban J connectivity index is 1.39. The molecule has 5 nitrogen and oxygen atoms in total. The van der Waals surface area contributed by atoms with Crippen LogP contribution in [0.25, 0.3) is 11.3 Å². The number of furan rings is 1. The quantitative estimate of drug-likeness (QED) is 0.731. The van der Waals surface area contributed by atoms with E-state index in [1.807, 2.05) is 0 Å². The molecule has 1 atom stereocenters. The van der Waals surface area contributed by atoms with Crippen LogP contribution in [0.4, 0.5) is 0 Å². The number of benzene rings is 1. The van der Waals surface area contributed by atoms with Crippen molar-refractivity contribution in [3.05, 3.63) is 46.1 Å². The van der Waals surface area contributed by atoms with Gasteiger partial charge in [-0.1, -0.05) is 23.2 Å². The van der Waals surface area contributed by atoms with Crippen molar-refractivity contribution in [1.82, 2.24) is 15.5 Å². The Labute approximate surface area is 173 Å². The summed E-state index contributed by atoms with van der Waals surface area (Å²) in [6.45, 7) is 3.28. The third kappa shape index (κ3) is 4.14. The maximum absolute atomic E-state index is 12.5. The molecule has 4 heterocycles. The van der Waals surface area contributed by atoms with Gasteiger partial charge in [-0.15, -0.1) is 0 Å². The van der Waals surface area contributed by atoms with Crippen molar-refractivity contribution in [3.8, 4) is 11.3 Å². The van der Waals surface area contributed by atoms with Gasteiger partial charge < -0.3 is 14.6 Å². The molecular formula is C19H19Cl2N3O2S. The van der Waals surface area contributed by atoms with E-state index in [1.165, 1.54) is 12.8 Å². The average molecular weight is 424 g/mol. The highest BCUT2D eigenvalue weighted by molar-refractivity contribution is 7.80. The van der Waals surface area contributed by atoms with Gasteiger partial charge in [-0.05, 0) is 74.4 Å². The van der Waals surface area contributed by atoms with Crippen LogP contribution in [0.15, 0.2) is 34.7 Å². The largest absolute Gasteiger partial charge is 0.451 e. The fourth-order valence-corrected chi connectivity index (χ4v) is 4.42. The Morgan fingerprint density at radius 1 is 1.19 bits per heavy atom. The average Bonchev–Trinajstić information content (AvgIpc) is 3.15. The Hall–Kier alpha value is -1.60. The van der Waals surface area contributed by atoms with E-state index in [9.17, 15) is 4.79 Å². The number of carbonyl (C=O) groups excluding carboxylic acids is 1. The molecule has 0 aliphatic carbocycles. The van der Waals surface area contributed by atoms with Crippen molar-refractivity contribution in [1.29, 1.82) is 0 Å². The summed E-state index contributed by atoms with van der Waals surface area (Å²) in [5.74, 6) is 0.867. The monoisotopic (exact) mass is 423 g/mol. The van der Waals surface area contributed by atoms with Crippen LogP contribution in [0, 0.1) is 5.92 Å². The summed E-state index contributed by atoms with van der Waals surface area (Å²) in [5, 5.41) is 7.36. The number of fused-ring (bicyclic) bond motifs is 3. The van der Waals surface area contributed by atoms with Crippen LogP contribution < -0.4 is 10.6 Å². The Morgan fingerprint density at radius 2 is 1.96 bits per heavy atom. The van der Waals surface area contributed by atoms with Gasteiger partial charge in [-0.3, -0.25) is 10.1 Å². The molecule has 1 unspecified atom stereocenters. The fourth-order valence-electron chi connectivity index (χ4n) is 3.79. The van der Waals surface area contributed by atoms with Gasteiger partial charge in [-0.25, -0.2) is 0 Å². The summed E-state index contributed by atoms with van der Waals surface area (Å²) in [6, 6.07) is 8.66. The van der Waals surface area contributed by atoms with Gasteiger partial charge in [0, 0.05) is 23.2 Å². The standard InChI is InChI=1S/C19H19Cl2N3O2S/c20-12-1-2-14(21)13(9-12)16-3-4-17(26-16)18(25)23-19(27)22-15-10-24-7-5-11(15)6-8-24/h1-4,9,11,15H,5-8,10H2,(H2,22,23,25,27). The van der Waals surface area contributed by atoms with Crippen molar-refractivity contribution < 1.29 is 9.21 Å². The van der Waals surface area contributed by atoms with Crippen LogP contribution in [0.2, 0.25) is 10.0 Å². The van der Waals surface area contributed by atoms with E-state index in [0.29, 0.717) is 32.4 Å². The van der Waals surface area contributed by atoms with Gasteiger partial charge in [0.15, 0.2) is 10.9 Å². The van der Waals surface area contributed by atoms with Crippen LogP contribution >= 0.6 is 35.4 Å². The van der Waals surface area contributed by atoms with E-state index in [-0.39, 0.29) is 11.8 Å². The van der Waals surface area contributed by atoms with Crippen molar-refractivity contribution in [2.75, 3.05) is 19.6 Å². The summed E-state index contributed by atoms with van der Waals surface area (Å²) < 4.78 is 5.66. The number of hydrogen-bond donors (Lipinski definition) is 2. The topological polar surface area (TPSA) is 57.5 Å². The minimum atomic E-state index is -0.391. The molecule has 0 spiro atoms. The summed E-state index contributed by atoms with van der Waals surface area (Å²) in [7, 11) is 0. The zero-order valence-corrected chi connectivity index (χ0v) is 16.8. The lowest BCUT2D eigenvalue weighted by molar-refractivity contribution is 0.0805. The molecule has 3 aliphatic heterocycles.